The van der Waals surface area contributed by atoms with E-state index in [1.54, 1.807) is 0 Å². The van der Waals surface area contributed by atoms with Crippen LogP contribution in [0, 0.1) is 5.92 Å². The Labute approximate surface area is 129 Å². The molecule has 112 valence electrons. The number of thiazole rings is 1. The first kappa shape index (κ1) is 13.7. The molecule has 2 fully saturated rings. The predicted molar refractivity (Wildman–Crippen MR) is 87.0 cm³/mol. The molecule has 1 unspecified atom stereocenters. The van der Waals surface area contributed by atoms with Crippen LogP contribution in [0.5, 0.6) is 0 Å². The molecule has 2 saturated heterocycles. The number of rotatable bonds is 3. The van der Waals surface area contributed by atoms with E-state index in [0.717, 1.165) is 19.1 Å². The summed E-state index contributed by atoms with van der Waals surface area (Å²) in [7, 11) is 0. The Kier molecular flexibility index (Phi) is 3.93. The Morgan fingerprint density at radius 3 is 2.81 bits per heavy atom. The second-order valence-corrected chi connectivity index (χ2v) is 7.39. The van der Waals surface area contributed by atoms with Gasteiger partial charge < -0.3 is 9.64 Å². The second kappa shape index (κ2) is 6.03. The van der Waals surface area contributed by atoms with E-state index >= 15 is 0 Å². The van der Waals surface area contributed by atoms with Crippen molar-refractivity contribution in [2.24, 2.45) is 5.92 Å². The van der Waals surface area contributed by atoms with Gasteiger partial charge in [0.1, 0.15) is 0 Å². The van der Waals surface area contributed by atoms with Gasteiger partial charge in [-0.2, -0.15) is 0 Å². The summed E-state index contributed by atoms with van der Waals surface area (Å²) in [5, 5.41) is 1.35. The first-order valence-corrected chi connectivity index (χ1v) is 8.86. The average molecular weight is 302 g/mol. The van der Waals surface area contributed by atoms with Gasteiger partial charge in [0.05, 0.1) is 21.8 Å². The van der Waals surface area contributed by atoms with E-state index in [1.807, 2.05) is 11.3 Å². The largest absolute Gasteiger partial charge is 0.381 e. The lowest BCUT2D eigenvalue weighted by molar-refractivity contribution is 0.152. The quantitative estimate of drug-likeness (QED) is 0.867. The van der Waals surface area contributed by atoms with Gasteiger partial charge in [0.15, 0.2) is 0 Å². The Bertz CT molecular complexity index is 565. The van der Waals surface area contributed by atoms with Crippen LogP contribution in [-0.2, 0) is 4.74 Å². The maximum absolute atomic E-state index is 5.49. The van der Waals surface area contributed by atoms with Crippen LogP contribution in [0.3, 0.4) is 0 Å². The molecule has 4 heteroatoms. The summed E-state index contributed by atoms with van der Waals surface area (Å²) in [4.78, 5) is 7.47. The van der Waals surface area contributed by atoms with Gasteiger partial charge >= 0.3 is 0 Å². The first-order valence-electron chi connectivity index (χ1n) is 8.04. The fourth-order valence-corrected chi connectivity index (χ4v) is 4.66. The number of nitrogens with zero attached hydrogens (tertiary/aromatic N) is 2. The Morgan fingerprint density at radius 2 is 2.05 bits per heavy atom. The van der Waals surface area contributed by atoms with E-state index in [2.05, 4.69) is 29.2 Å². The van der Waals surface area contributed by atoms with Crippen LogP contribution in [0.25, 0.3) is 10.2 Å². The lowest BCUT2D eigenvalue weighted by atomic mass is 9.96. The van der Waals surface area contributed by atoms with Crippen molar-refractivity contribution < 1.29 is 4.74 Å². The van der Waals surface area contributed by atoms with Crippen molar-refractivity contribution in [3.8, 4) is 0 Å². The topological polar surface area (TPSA) is 25.4 Å². The molecule has 4 rings (SSSR count). The van der Waals surface area contributed by atoms with Gasteiger partial charge in [-0.05, 0) is 50.4 Å². The van der Waals surface area contributed by atoms with Crippen molar-refractivity contribution in [2.75, 3.05) is 32.8 Å². The molecule has 3 heterocycles. The Balaban J connectivity index is 1.38. The minimum atomic E-state index is 0.665. The van der Waals surface area contributed by atoms with Gasteiger partial charge in [0.25, 0.3) is 0 Å². The van der Waals surface area contributed by atoms with Crippen molar-refractivity contribution in [3.05, 3.63) is 29.3 Å². The highest BCUT2D eigenvalue weighted by Gasteiger charge is 2.26. The van der Waals surface area contributed by atoms with Crippen LogP contribution in [0.15, 0.2) is 24.3 Å². The van der Waals surface area contributed by atoms with Gasteiger partial charge in [0, 0.05) is 19.1 Å². The predicted octanol–water partition coefficient (Wildman–Crippen LogP) is 3.51. The second-order valence-electron chi connectivity index (χ2n) is 6.32. The molecule has 0 N–H and O–H groups in total. The SMILES string of the molecule is c1ccc2sc(C3CCN(CC4CCOC4)CC3)nc2c1. The minimum absolute atomic E-state index is 0.665. The van der Waals surface area contributed by atoms with E-state index in [4.69, 9.17) is 9.72 Å². The molecule has 0 saturated carbocycles. The standard InChI is InChI=1S/C17H22N2OS/c1-2-4-16-15(3-1)18-17(21-16)14-5-8-19(9-6-14)11-13-7-10-20-12-13/h1-4,13-14H,5-12H2. The van der Waals surface area contributed by atoms with Crippen LogP contribution in [0.2, 0.25) is 0 Å². The number of ether oxygens (including phenoxy) is 1. The van der Waals surface area contributed by atoms with E-state index in [0.29, 0.717) is 5.92 Å². The summed E-state index contributed by atoms with van der Waals surface area (Å²) in [5.74, 6) is 1.43. The molecule has 0 aliphatic carbocycles. The van der Waals surface area contributed by atoms with E-state index in [1.165, 1.54) is 54.1 Å². The van der Waals surface area contributed by atoms with Gasteiger partial charge in [0.2, 0.25) is 0 Å². The van der Waals surface area contributed by atoms with Crippen LogP contribution < -0.4 is 0 Å². The third-order valence-electron chi connectivity index (χ3n) is 4.79. The third kappa shape index (κ3) is 2.98. The van der Waals surface area contributed by atoms with Gasteiger partial charge in [-0.3, -0.25) is 0 Å². The monoisotopic (exact) mass is 302 g/mol. The zero-order valence-electron chi connectivity index (χ0n) is 12.3. The molecule has 2 aliphatic heterocycles. The van der Waals surface area contributed by atoms with Crippen molar-refractivity contribution in [1.29, 1.82) is 0 Å². The lowest BCUT2D eigenvalue weighted by Gasteiger charge is -2.32. The molecule has 3 nitrogen and oxygen atoms in total. The molecule has 0 radical (unpaired) electrons. The number of fused-ring (bicyclic) bond motifs is 1. The maximum Gasteiger partial charge on any atom is 0.0970 e. The van der Waals surface area contributed by atoms with E-state index in [-0.39, 0.29) is 0 Å². The van der Waals surface area contributed by atoms with Crippen LogP contribution in [-0.4, -0.2) is 42.7 Å². The molecule has 0 spiro atoms. The molecular weight excluding hydrogens is 280 g/mol. The average Bonchev–Trinajstić information content (AvgIpc) is 3.16. The Morgan fingerprint density at radius 1 is 1.19 bits per heavy atom. The normalized spacial score (nSPS) is 24.9. The van der Waals surface area contributed by atoms with Crippen molar-refractivity contribution >= 4 is 21.6 Å². The van der Waals surface area contributed by atoms with Gasteiger partial charge in [-0.15, -0.1) is 11.3 Å². The highest BCUT2D eigenvalue weighted by Crippen LogP contribution is 2.34. The molecule has 1 atom stereocenters. The summed E-state index contributed by atoms with van der Waals surface area (Å²) >= 11 is 1.89. The molecule has 2 aliphatic rings. The third-order valence-corrected chi connectivity index (χ3v) is 5.99. The zero-order valence-corrected chi connectivity index (χ0v) is 13.1. The highest BCUT2D eigenvalue weighted by atomic mass is 32.1. The summed E-state index contributed by atoms with van der Waals surface area (Å²) in [6.45, 7) is 5.60. The number of likely N-dealkylation sites (tertiary alicyclic amines) is 1. The van der Waals surface area contributed by atoms with Crippen LogP contribution in [0.4, 0.5) is 0 Å². The van der Waals surface area contributed by atoms with Gasteiger partial charge in [-0.1, -0.05) is 12.1 Å². The van der Waals surface area contributed by atoms with E-state index in [9.17, 15) is 0 Å². The maximum atomic E-state index is 5.49. The summed E-state index contributed by atoms with van der Waals surface area (Å²) in [6, 6.07) is 8.50. The molecule has 2 aromatic rings. The number of hydrogen-bond acceptors (Lipinski definition) is 4. The van der Waals surface area contributed by atoms with Crippen LogP contribution >= 0.6 is 11.3 Å². The van der Waals surface area contributed by atoms with Crippen molar-refractivity contribution in [2.45, 2.75) is 25.2 Å². The summed E-state index contributed by atoms with van der Waals surface area (Å²) < 4.78 is 6.82. The Hall–Kier alpha value is -0.970. The number of para-hydroxylation sites is 1. The molecular formula is C17H22N2OS. The van der Waals surface area contributed by atoms with Crippen molar-refractivity contribution in [3.63, 3.8) is 0 Å². The molecule has 1 aromatic heterocycles. The fourth-order valence-electron chi connectivity index (χ4n) is 3.52. The highest BCUT2D eigenvalue weighted by molar-refractivity contribution is 7.18. The molecule has 0 bridgehead atoms. The van der Waals surface area contributed by atoms with E-state index < -0.39 is 0 Å². The summed E-state index contributed by atoms with van der Waals surface area (Å²) in [6.07, 6.45) is 3.76. The smallest absolute Gasteiger partial charge is 0.0970 e. The zero-order chi connectivity index (χ0) is 14.1. The lowest BCUT2D eigenvalue weighted by Crippen LogP contribution is -2.36. The summed E-state index contributed by atoms with van der Waals surface area (Å²) in [5.41, 5.74) is 1.17. The number of piperidine rings is 1. The molecule has 21 heavy (non-hydrogen) atoms. The molecule has 1 aromatic carbocycles. The van der Waals surface area contributed by atoms with Gasteiger partial charge in [-0.25, -0.2) is 4.98 Å². The number of aromatic nitrogens is 1. The van der Waals surface area contributed by atoms with Crippen LogP contribution in [0.1, 0.15) is 30.2 Å². The fraction of sp³-hybridized carbons (Fsp3) is 0.588. The first-order chi connectivity index (χ1) is 10.4. The van der Waals surface area contributed by atoms with Crippen molar-refractivity contribution in [1.82, 2.24) is 9.88 Å². The molecule has 0 amide bonds. The number of hydrogen-bond donors (Lipinski definition) is 0. The number of benzene rings is 1. The minimum Gasteiger partial charge on any atom is -0.381 e.